The Kier molecular flexibility index (Phi) is 5.76. The van der Waals surface area contributed by atoms with Crippen LogP contribution in [-0.4, -0.2) is 24.1 Å². The Hall–Kier alpha value is -1.19. The Balaban J connectivity index is 4.08. The molecule has 0 saturated carbocycles. The number of Topliss-reactive ketones (excluding diaryl/α,β-unsaturated/α-hetero) is 2. The third-order valence-electron chi connectivity index (χ3n) is 1.94. The highest BCUT2D eigenvalue weighted by Gasteiger charge is 2.22. The van der Waals surface area contributed by atoms with Crippen molar-refractivity contribution in [2.24, 2.45) is 5.92 Å². The summed E-state index contributed by atoms with van der Waals surface area (Å²) in [7, 11) is 0. The molecule has 1 atom stereocenters. The van der Waals surface area contributed by atoms with Gasteiger partial charge in [-0.15, -0.1) is 0 Å². The van der Waals surface area contributed by atoms with E-state index in [0.29, 0.717) is 6.42 Å². The van der Waals surface area contributed by atoms with E-state index in [9.17, 15) is 14.4 Å². The van der Waals surface area contributed by atoms with Crippen molar-refractivity contribution in [3.8, 4) is 0 Å². The standard InChI is InChI=1S/C10H16O4/c1-4-8(11)7(3)9(12)6-10(13)14-5-2/h7H,4-6H2,1-3H3. The first kappa shape index (κ1) is 12.8. The van der Waals surface area contributed by atoms with Gasteiger partial charge >= 0.3 is 5.97 Å². The maximum absolute atomic E-state index is 11.3. The minimum atomic E-state index is -0.690. The molecule has 0 aliphatic rings. The van der Waals surface area contributed by atoms with Crippen LogP contribution in [0.1, 0.15) is 33.6 Å². The van der Waals surface area contributed by atoms with Crippen molar-refractivity contribution in [2.75, 3.05) is 6.61 Å². The third-order valence-corrected chi connectivity index (χ3v) is 1.94. The number of rotatable bonds is 6. The van der Waals surface area contributed by atoms with E-state index in [1.54, 1.807) is 13.8 Å². The third kappa shape index (κ3) is 4.16. The van der Waals surface area contributed by atoms with Crippen LogP contribution in [0.5, 0.6) is 0 Å². The minimum absolute atomic E-state index is 0.140. The molecule has 1 unspecified atom stereocenters. The lowest BCUT2D eigenvalue weighted by Crippen LogP contribution is -2.23. The van der Waals surface area contributed by atoms with Crippen LogP contribution in [0.25, 0.3) is 0 Å². The first-order valence-corrected chi connectivity index (χ1v) is 4.73. The Bertz CT molecular complexity index is 232. The second-order valence-corrected chi connectivity index (χ2v) is 2.99. The molecule has 0 saturated heterocycles. The summed E-state index contributed by atoms with van der Waals surface area (Å²) in [6.45, 7) is 5.13. The summed E-state index contributed by atoms with van der Waals surface area (Å²) in [6, 6.07) is 0. The maximum atomic E-state index is 11.3. The van der Waals surface area contributed by atoms with Crippen molar-refractivity contribution >= 4 is 17.5 Å². The van der Waals surface area contributed by atoms with Gasteiger partial charge in [-0.05, 0) is 13.8 Å². The lowest BCUT2D eigenvalue weighted by Gasteiger charge is -2.07. The summed E-state index contributed by atoms with van der Waals surface area (Å²) in [4.78, 5) is 33.3. The molecule has 4 heteroatoms. The Morgan fingerprint density at radius 3 is 2.14 bits per heavy atom. The molecular formula is C10H16O4. The molecule has 0 fully saturated rings. The van der Waals surface area contributed by atoms with Crippen LogP contribution in [0.4, 0.5) is 0 Å². The molecule has 80 valence electrons. The molecule has 14 heavy (non-hydrogen) atoms. The molecule has 0 amide bonds. The second kappa shape index (κ2) is 6.29. The van der Waals surface area contributed by atoms with Gasteiger partial charge in [0.2, 0.25) is 0 Å². The van der Waals surface area contributed by atoms with Crippen LogP contribution in [0.2, 0.25) is 0 Å². The van der Waals surface area contributed by atoms with Gasteiger partial charge in [0.1, 0.15) is 12.2 Å². The minimum Gasteiger partial charge on any atom is -0.466 e. The predicted octanol–water partition coefficient (Wildman–Crippen LogP) is 1.12. The molecule has 0 bridgehead atoms. The van der Waals surface area contributed by atoms with E-state index < -0.39 is 11.9 Å². The maximum Gasteiger partial charge on any atom is 0.313 e. The number of ketones is 2. The van der Waals surface area contributed by atoms with Crippen LogP contribution in [0, 0.1) is 5.92 Å². The average Bonchev–Trinajstić information content (AvgIpc) is 2.15. The number of hydrogen-bond donors (Lipinski definition) is 0. The van der Waals surface area contributed by atoms with Crippen molar-refractivity contribution in [2.45, 2.75) is 33.6 Å². The van der Waals surface area contributed by atoms with Gasteiger partial charge < -0.3 is 4.74 Å². The molecule has 4 nitrogen and oxygen atoms in total. The number of esters is 1. The van der Waals surface area contributed by atoms with E-state index in [0.717, 1.165) is 0 Å². The van der Waals surface area contributed by atoms with Gasteiger partial charge in [0, 0.05) is 6.42 Å². The summed E-state index contributed by atoms with van der Waals surface area (Å²) < 4.78 is 4.61. The molecule has 0 radical (unpaired) electrons. The molecule has 0 aliphatic carbocycles. The topological polar surface area (TPSA) is 60.4 Å². The number of carbonyl (C=O) groups excluding carboxylic acids is 3. The van der Waals surface area contributed by atoms with E-state index >= 15 is 0 Å². The molecule has 0 aromatic rings. The fourth-order valence-electron chi connectivity index (χ4n) is 0.993. The van der Waals surface area contributed by atoms with Crippen molar-refractivity contribution < 1.29 is 19.1 Å². The van der Waals surface area contributed by atoms with Gasteiger partial charge in [0.25, 0.3) is 0 Å². The van der Waals surface area contributed by atoms with E-state index in [-0.39, 0.29) is 24.6 Å². The fourth-order valence-corrected chi connectivity index (χ4v) is 0.993. The van der Waals surface area contributed by atoms with E-state index in [1.807, 2.05) is 0 Å². The van der Waals surface area contributed by atoms with Crippen LogP contribution in [0.3, 0.4) is 0 Å². The summed E-state index contributed by atoms with van der Waals surface area (Å²) in [5.74, 6) is -1.76. The first-order chi connectivity index (χ1) is 6.52. The van der Waals surface area contributed by atoms with E-state index in [4.69, 9.17) is 0 Å². The molecular weight excluding hydrogens is 184 g/mol. The Labute approximate surface area is 83.6 Å². The van der Waals surface area contributed by atoms with Gasteiger partial charge in [0.15, 0.2) is 5.78 Å². The first-order valence-electron chi connectivity index (χ1n) is 4.73. The van der Waals surface area contributed by atoms with Crippen molar-refractivity contribution in [1.82, 2.24) is 0 Å². The number of carbonyl (C=O) groups is 3. The monoisotopic (exact) mass is 200 g/mol. The molecule has 0 heterocycles. The average molecular weight is 200 g/mol. The summed E-state index contributed by atoms with van der Waals surface area (Å²) in [5, 5.41) is 0. The molecule has 0 rings (SSSR count). The zero-order valence-corrected chi connectivity index (χ0v) is 8.83. The normalized spacial score (nSPS) is 11.9. The van der Waals surface area contributed by atoms with E-state index in [1.165, 1.54) is 6.92 Å². The van der Waals surface area contributed by atoms with Crippen molar-refractivity contribution in [3.63, 3.8) is 0 Å². The van der Waals surface area contributed by atoms with Crippen LogP contribution >= 0.6 is 0 Å². The Morgan fingerprint density at radius 2 is 1.71 bits per heavy atom. The lowest BCUT2D eigenvalue weighted by atomic mass is 9.97. The molecule has 0 aromatic heterocycles. The summed E-state index contributed by atoms with van der Waals surface area (Å²) >= 11 is 0. The largest absolute Gasteiger partial charge is 0.466 e. The van der Waals surface area contributed by atoms with Crippen molar-refractivity contribution in [1.29, 1.82) is 0 Å². The number of hydrogen-bond acceptors (Lipinski definition) is 4. The summed E-state index contributed by atoms with van der Waals surface area (Å²) in [6.07, 6.45) is 0.0104. The summed E-state index contributed by atoms with van der Waals surface area (Å²) in [5.41, 5.74) is 0. The van der Waals surface area contributed by atoms with Crippen LogP contribution in [0.15, 0.2) is 0 Å². The zero-order valence-electron chi connectivity index (χ0n) is 8.83. The molecule has 0 aliphatic heterocycles. The number of ether oxygens (including phenoxy) is 1. The fraction of sp³-hybridized carbons (Fsp3) is 0.700. The van der Waals surface area contributed by atoms with Gasteiger partial charge in [0.05, 0.1) is 12.5 Å². The van der Waals surface area contributed by atoms with Gasteiger partial charge in [-0.2, -0.15) is 0 Å². The highest BCUT2D eigenvalue weighted by molar-refractivity contribution is 6.07. The Morgan fingerprint density at radius 1 is 1.14 bits per heavy atom. The van der Waals surface area contributed by atoms with Gasteiger partial charge in [-0.25, -0.2) is 0 Å². The molecule has 0 N–H and O–H groups in total. The van der Waals surface area contributed by atoms with E-state index in [2.05, 4.69) is 4.74 Å². The highest BCUT2D eigenvalue weighted by Crippen LogP contribution is 2.05. The predicted molar refractivity (Wildman–Crippen MR) is 50.7 cm³/mol. The van der Waals surface area contributed by atoms with Crippen LogP contribution in [-0.2, 0) is 19.1 Å². The smallest absolute Gasteiger partial charge is 0.313 e. The molecule has 0 spiro atoms. The highest BCUT2D eigenvalue weighted by atomic mass is 16.5. The SMILES string of the molecule is CCOC(=O)CC(=O)C(C)C(=O)CC. The zero-order chi connectivity index (χ0) is 11.1. The quantitative estimate of drug-likeness (QED) is 0.476. The molecule has 0 aromatic carbocycles. The van der Waals surface area contributed by atoms with Crippen molar-refractivity contribution in [3.05, 3.63) is 0 Å². The lowest BCUT2D eigenvalue weighted by molar-refractivity contribution is -0.146. The van der Waals surface area contributed by atoms with Gasteiger partial charge in [-0.1, -0.05) is 6.92 Å². The second-order valence-electron chi connectivity index (χ2n) is 2.99. The van der Waals surface area contributed by atoms with Gasteiger partial charge in [-0.3, -0.25) is 14.4 Å². The van der Waals surface area contributed by atoms with Crippen LogP contribution < -0.4 is 0 Å².